The van der Waals surface area contributed by atoms with Crippen LogP contribution in [0.3, 0.4) is 0 Å². The Kier molecular flexibility index (Phi) is 10.8. The van der Waals surface area contributed by atoms with Gasteiger partial charge in [0, 0.05) is 46.0 Å². The Hall–Kier alpha value is -3.55. The van der Waals surface area contributed by atoms with Crippen molar-refractivity contribution in [2.45, 2.75) is 25.7 Å². The Morgan fingerprint density at radius 2 is 0.775 bits per heavy atom. The number of rotatable bonds is 12. The first-order chi connectivity index (χ1) is 19.4. The minimum Gasteiger partial charge on any atom is -0.352 e. The van der Waals surface area contributed by atoms with Crippen molar-refractivity contribution in [1.82, 2.24) is 10.6 Å². The van der Waals surface area contributed by atoms with Crippen LogP contribution in [0.2, 0.25) is 0 Å². The van der Waals surface area contributed by atoms with E-state index in [-0.39, 0.29) is 17.6 Å². The fourth-order valence-corrected chi connectivity index (χ4v) is 4.75. The number of nitrogens with one attached hydrogen (secondary N) is 2. The molecule has 4 aromatic carbocycles. The molecule has 0 unspecified atom stereocenters. The molecule has 0 atom stereocenters. The predicted octanol–water partition coefficient (Wildman–Crippen LogP) is 7.83. The Balaban J connectivity index is 1.09. The largest absolute Gasteiger partial charge is 0.352 e. The third kappa shape index (κ3) is 8.73. The third-order valence-corrected chi connectivity index (χ3v) is 7.54. The van der Waals surface area contributed by atoms with Gasteiger partial charge in [0.25, 0.3) is 11.8 Å². The van der Waals surface area contributed by atoms with Gasteiger partial charge in [-0.05, 0) is 83.6 Å². The monoisotopic (exact) mass is 660 g/mol. The molecule has 4 aromatic rings. The lowest BCUT2D eigenvalue weighted by Gasteiger charge is -2.08. The molecule has 0 fully saturated rings. The average molecular weight is 662 g/mol. The number of halogens is 2. The molecule has 0 aliphatic rings. The second kappa shape index (κ2) is 14.7. The maximum Gasteiger partial charge on any atom is 0.251 e. The first-order valence-corrected chi connectivity index (χ1v) is 14.8. The maximum atomic E-state index is 12.4. The van der Waals surface area contributed by atoms with Crippen LogP contribution < -0.4 is 10.6 Å². The zero-order valence-electron chi connectivity index (χ0n) is 22.0. The number of ketones is 1. The van der Waals surface area contributed by atoms with Crippen LogP contribution in [0.4, 0.5) is 0 Å². The zero-order chi connectivity index (χ0) is 28.3. The summed E-state index contributed by atoms with van der Waals surface area (Å²) < 4.78 is 2.04. The van der Waals surface area contributed by atoms with Gasteiger partial charge in [-0.1, -0.05) is 80.4 Å². The molecule has 2 N–H and O–H groups in total. The van der Waals surface area contributed by atoms with Crippen LogP contribution in [0.1, 0.15) is 46.4 Å². The summed E-state index contributed by atoms with van der Waals surface area (Å²) in [4.78, 5) is 37.1. The van der Waals surface area contributed by atoms with Crippen LogP contribution in [0.25, 0.3) is 22.3 Å². The summed E-state index contributed by atoms with van der Waals surface area (Å²) >= 11 is 6.87. The number of carbonyl (C=O) groups is 3. The molecule has 7 heteroatoms. The van der Waals surface area contributed by atoms with Gasteiger partial charge in [-0.2, -0.15) is 0 Å². The van der Waals surface area contributed by atoms with E-state index in [1.807, 2.05) is 97.1 Å². The van der Waals surface area contributed by atoms with E-state index in [0.717, 1.165) is 31.2 Å². The molecule has 4 rings (SSSR count). The molecule has 5 nitrogen and oxygen atoms in total. The topological polar surface area (TPSA) is 75.3 Å². The molecule has 0 aromatic heterocycles. The molecule has 40 heavy (non-hydrogen) atoms. The highest BCUT2D eigenvalue weighted by Gasteiger charge is 2.09. The molecule has 0 spiro atoms. The SMILES string of the molecule is O=C(CCCNC(=O)c1ccc(-c2ccc(Br)cc2)cc1)CCCNC(=O)c1ccc(-c2ccc(Br)cc2)cc1. The van der Waals surface area contributed by atoms with E-state index >= 15 is 0 Å². The Bertz CT molecular complexity index is 1320. The second-order valence-electron chi connectivity index (χ2n) is 9.43. The fraction of sp³-hybridized carbons (Fsp3) is 0.182. The maximum absolute atomic E-state index is 12.4. The molecule has 0 bridgehead atoms. The van der Waals surface area contributed by atoms with Crippen molar-refractivity contribution in [3.8, 4) is 22.3 Å². The van der Waals surface area contributed by atoms with E-state index in [1.54, 1.807) is 0 Å². The molecular formula is C33H30Br2N2O3. The Morgan fingerprint density at radius 1 is 0.475 bits per heavy atom. The van der Waals surface area contributed by atoms with Crippen LogP contribution in [0, 0.1) is 0 Å². The van der Waals surface area contributed by atoms with Crippen molar-refractivity contribution in [2.24, 2.45) is 0 Å². The van der Waals surface area contributed by atoms with Gasteiger partial charge in [-0.25, -0.2) is 0 Å². The van der Waals surface area contributed by atoms with E-state index in [9.17, 15) is 14.4 Å². The van der Waals surface area contributed by atoms with Crippen molar-refractivity contribution < 1.29 is 14.4 Å². The first-order valence-electron chi connectivity index (χ1n) is 13.2. The number of amides is 2. The van der Waals surface area contributed by atoms with E-state index < -0.39 is 0 Å². The lowest BCUT2D eigenvalue weighted by Crippen LogP contribution is -2.25. The number of carbonyl (C=O) groups excluding carboxylic acids is 3. The van der Waals surface area contributed by atoms with Crippen LogP contribution in [-0.4, -0.2) is 30.7 Å². The van der Waals surface area contributed by atoms with Gasteiger partial charge in [0.05, 0.1) is 0 Å². The summed E-state index contributed by atoms with van der Waals surface area (Å²) in [6, 6.07) is 31.0. The van der Waals surface area contributed by atoms with Gasteiger partial charge in [-0.15, -0.1) is 0 Å². The van der Waals surface area contributed by atoms with Gasteiger partial charge in [0.2, 0.25) is 0 Å². The molecule has 204 valence electrons. The molecular weight excluding hydrogens is 632 g/mol. The molecule has 2 amide bonds. The van der Waals surface area contributed by atoms with Crippen LogP contribution >= 0.6 is 31.9 Å². The minimum absolute atomic E-state index is 0.126. The van der Waals surface area contributed by atoms with Crippen LogP contribution in [0.15, 0.2) is 106 Å². The average Bonchev–Trinajstić information content (AvgIpc) is 2.98. The van der Waals surface area contributed by atoms with Gasteiger partial charge >= 0.3 is 0 Å². The third-order valence-electron chi connectivity index (χ3n) is 6.49. The normalized spacial score (nSPS) is 10.7. The molecule has 0 aliphatic heterocycles. The number of benzene rings is 4. The van der Waals surface area contributed by atoms with Gasteiger partial charge < -0.3 is 10.6 Å². The summed E-state index contributed by atoms with van der Waals surface area (Å²) in [5, 5.41) is 5.76. The summed E-state index contributed by atoms with van der Waals surface area (Å²) in [5.41, 5.74) is 5.43. The Morgan fingerprint density at radius 3 is 1.10 bits per heavy atom. The summed E-state index contributed by atoms with van der Waals surface area (Å²) in [7, 11) is 0. The van der Waals surface area contributed by atoms with E-state index in [2.05, 4.69) is 42.5 Å². The zero-order valence-corrected chi connectivity index (χ0v) is 25.1. The fourth-order valence-electron chi connectivity index (χ4n) is 4.22. The quantitative estimate of drug-likeness (QED) is 0.152. The van der Waals surface area contributed by atoms with Crippen molar-refractivity contribution in [3.05, 3.63) is 117 Å². The number of Topliss-reactive ketones (excluding diaryl/α,β-unsaturated/α-hetero) is 1. The highest BCUT2D eigenvalue weighted by molar-refractivity contribution is 9.10. The molecule has 0 saturated carbocycles. The minimum atomic E-state index is -0.151. The number of hydrogen-bond acceptors (Lipinski definition) is 3. The molecule has 0 saturated heterocycles. The lowest BCUT2D eigenvalue weighted by atomic mass is 10.0. The van der Waals surface area contributed by atoms with Gasteiger partial charge in [0.15, 0.2) is 0 Å². The summed E-state index contributed by atoms with van der Waals surface area (Å²) in [6.07, 6.45) is 1.96. The van der Waals surface area contributed by atoms with Crippen LogP contribution in [-0.2, 0) is 4.79 Å². The second-order valence-corrected chi connectivity index (χ2v) is 11.3. The molecule has 0 radical (unpaired) electrons. The highest BCUT2D eigenvalue weighted by Crippen LogP contribution is 2.23. The Labute approximate surface area is 251 Å². The van der Waals surface area contributed by atoms with E-state index in [4.69, 9.17) is 0 Å². The van der Waals surface area contributed by atoms with Gasteiger partial charge in [-0.3, -0.25) is 14.4 Å². The summed E-state index contributed by atoms with van der Waals surface area (Å²) in [5.74, 6) is -0.175. The van der Waals surface area contributed by atoms with Crippen LogP contribution in [0.5, 0.6) is 0 Å². The van der Waals surface area contributed by atoms with Gasteiger partial charge in [0.1, 0.15) is 5.78 Å². The molecule has 0 heterocycles. The van der Waals surface area contributed by atoms with Crippen molar-refractivity contribution in [3.63, 3.8) is 0 Å². The predicted molar refractivity (Wildman–Crippen MR) is 167 cm³/mol. The van der Waals surface area contributed by atoms with Crippen molar-refractivity contribution in [2.75, 3.05) is 13.1 Å². The van der Waals surface area contributed by atoms with Crippen molar-refractivity contribution >= 4 is 49.5 Å². The molecule has 0 aliphatic carbocycles. The standard InChI is InChI=1S/C33H30Br2N2O3/c34-29-17-13-25(14-18-29)23-5-9-27(10-6-23)32(39)36-21-1-3-31(38)4-2-22-37-33(40)28-11-7-24(8-12-28)26-15-19-30(35)20-16-26/h5-20H,1-4,21-22H2,(H,36,39)(H,37,40). The summed E-state index contributed by atoms with van der Waals surface area (Å²) in [6.45, 7) is 0.873. The van der Waals surface area contributed by atoms with Crippen molar-refractivity contribution in [1.29, 1.82) is 0 Å². The smallest absolute Gasteiger partial charge is 0.251 e. The number of hydrogen-bond donors (Lipinski definition) is 2. The van der Waals surface area contributed by atoms with E-state index in [0.29, 0.717) is 49.9 Å². The first kappa shape index (κ1) is 29.4. The lowest BCUT2D eigenvalue weighted by molar-refractivity contribution is -0.119. The highest BCUT2D eigenvalue weighted by atomic mass is 79.9. The van der Waals surface area contributed by atoms with E-state index in [1.165, 1.54) is 0 Å².